The molecule has 164 valence electrons. The van der Waals surface area contributed by atoms with Crippen LogP contribution in [0, 0.1) is 10.5 Å². The second-order valence-corrected chi connectivity index (χ2v) is 8.56. The number of aliphatic hydroxyl groups excluding tert-OH is 2. The molecule has 2 aromatic rings. The predicted molar refractivity (Wildman–Crippen MR) is 105 cm³/mol. The van der Waals surface area contributed by atoms with Crippen molar-refractivity contribution in [3.63, 3.8) is 0 Å². The van der Waals surface area contributed by atoms with E-state index in [2.05, 4.69) is 9.51 Å². The summed E-state index contributed by atoms with van der Waals surface area (Å²) in [5.74, 6) is -0.111. The SMILES string of the molecule is O=c1[nH]c(=S)c(Cl)cn1C1CC[C@@H](O)O1.OCO[P+]1(O)OCc2cc(F)ccc2O1. The molecule has 2 unspecified atom stereocenters. The van der Waals surface area contributed by atoms with Gasteiger partial charge in [0.15, 0.2) is 18.8 Å². The van der Waals surface area contributed by atoms with E-state index in [9.17, 15) is 19.2 Å². The molecule has 0 spiro atoms. The summed E-state index contributed by atoms with van der Waals surface area (Å²) in [6, 6.07) is 3.82. The average molecular weight is 484 g/mol. The number of benzene rings is 1. The summed E-state index contributed by atoms with van der Waals surface area (Å²) in [6.45, 7) is -0.724. The quantitative estimate of drug-likeness (QED) is 0.295. The molecule has 1 fully saturated rings. The maximum atomic E-state index is 12.8. The van der Waals surface area contributed by atoms with E-state index >= 15 is 0 Å². The van der Waals surface area contributed by atoms with Crippen LogP contribution < -0.4 is 10.2 Å². The van der Waals surface area contributed by atoms with E-state index in [0.29, 0.717) is 24.2 Å². The molecule has 14 heteroatoms. The molecule has 0 aliphatic carbocycles. The minimum atomic E-state index is -3.48. The van der Waals surface area contributed by atoms with Crippen molar-refractivity contribution in [3.8, 4) is 5.75 Å². The summed E-state index contributed by atoms with van der Waals surface area (Å²) in [5.41, 5.74) is 0.102. The molecular formula is C16H18ClFN2O8PS+. The Morgan fingerprint density at radius 3 is 2.87 bits per heavy atom. The molecule has 0 radical (unpaired) electrons. The summed E-state index contributed by atoms with van der Waals surface area (Å²) in [4.78, 5) is 23.5. The van der Waals surface area contributed by atoms with Gasteiger partial charge in [-0.05, 0) is 24.6 Å². The molecule has 0 bridgehead atoms. The molecule has 2 aliphatic heterocycles. The van der Waals surface area contributed by atoms with Gasteiger partial charge in [-0.1, -0.05) is 23.8 Å². The molecule has 30 heavy (non-hydrogen) atoms. The van der Waals surface area contributed by atoms with Crippen LogP contribution in [0.5, 0.6) is 5.75 Å². The molecule has 1 saturated heterocycles. The van der Waals surface area contributed by atoms with E-state index in [1.165, 1.54) is 29.0 Å². The fourth-order valence-electron chi connectivity index (χ4n) is 2.67. The number of aliphatic hydroxyl groups is 2. The first kappa shape index (κ1) is 23.2. The number of rotatable bonds is 3. The molecule has 0 amide bonds. The fraction of sp³-hybridized carbons (Fsp3) is 0.375. The van der Waals surface area contributed by atoms with Crippen LogP contribution in [0.3, 0.4) is 0 Å². The average Bonchev–Trinajstić information content (AvgIpc) is 3.12. The van der Waals surface area contributed by atoms with E-state index < -0.39 is 33.3 Å². The summed E-state index contributed by atoms with van der Waals surface area (Å²) < 4.78 is 33.9. The van der Waals surface area contributed by atoms with Gasteiger partial charge in [0.1, 0.15) is 23.3 Å². The molecule has 1 aromatic carbocycles. The van der Waals surface area contributed by atoms with Crippen LogP contribution in [0.15, 0.2) is 29.2 Å². The second-order valence-electron chi connectivity index (χ2n) is 6.11. The number of nitrogens with zero attached hydrogens (tertiary/aromatic N) is 1. The minimum Gasteiger partial charge on any atom is -0.368 e. The highest BCUT2D eigenvalue weighted by Gasteiger charge is 2.50. The molecule has 2 aliphatic rings. The highest BCUT2D eigenvalue weighted by atomic mass is 35.5. The first-order valence-electron chi connectivity index (χ1n) is 8.55. The lowest BCUT2D eigenvalue weighted by Gasteiger charge is -2.20. The van der Waals surface area contributed by atoms with Gasteiger partial charge in [-0.25, -0.2) is 9.18 Å². The van der Waals surface area contributed by atoms with Gasteiger partial charge in [-0.3, -0.25) is 14.1 Å². The van der Waals surface area contributed by atoms with Crippen LogP contribution >= 0.6 is 32.0 Å². The third-order valence-electron chi connectivity index (χ3n) is 4.05. The monoisotopic (exact) mass is 483 g/mol. The van der Waals surface area contributed by atoms with Gasteiger partial charge in [0.2, 0.25) is 0 Å². The van der Waals surface area contributed by atoms with Crippen LogP contribution in [-0.4, -0.2) is 37.7 Å². The summed E-state index contributed by atoms with van der Waals surface area (Å²) >= 11 is 10.6. The normalized spacial score (nSPS) is 25.1. The highest BCUT2D eigenvalue weighted by molar-refractivity contribution is 7.71. The third kappa shape index (κ3) is 5.61. The predicted octanol–water partition coefficient (Wildman–Crippen LogP) is 2.56. The molecule has 4 N–H and O–H groups in total. The first-order chi connectivity index (χ1) is 14.2. The summed E-state index contributed by atoms with van der Waals surface area (Å²) in [7, 11) is -3.48. The maximum Gasteiger partial charge on any atom is 0.621 e. The third-order valence-corrected chi connectivity index (χ3v) is 6.09. The van der Waals surface area contributed by atoms with E-state index in [4.69, 9.17) is 42.7 Å². The highest BCUT2D eigenvalue weighted by Crippen LogP contribution is 2.61. The number of aromatic amines is 1. The molecule has 1 aromatic heterocycles. The van der Waals surface area contributed by atoms with Crippen molar-refractivity contribution in [3.05, 3.63) is 55.9 Å². The Morgan fingerprint density at radius 2 is 2.20 bits per heavy atom. The van der Waals surface area contributed by atoms with Gasteiger partial charge in [0.25, 0.3) is 0 Å². The Labute approximate surface area is 180 Å². The lowest BCUT2D eigenvalue weighted by molar-refractivity contribution is -0.113. The standard InChI is InChI=1S/C8H9ClN2O3S.C8H9FO5P/c9-4-3-11(8(13)10-7(4)15)5-1-2-6(12)14-5;9-7-1-2-8-6(3-7)4-12-15(11,14-8)13-5-10/h3,5-6,12H,1-2H2,(H,10,13,15);1-3,10-11H,4-5H2/q;+1/t5?,6-;/m0./s1. The van der Waals surface area contributed by atoms with E-state index in [1.54, 1.807) is 0 Å². The minimum absolute atomic E-state index is 0.0165. The zero-order chi connectivity index (χ0) is 21.9. The molecule has 4 rings (SSSR count). The largest absolute Gasteiger partial charge is 0.621 e. The molecule has 10 nitrogen and oxygen atoms in total. The number of hydrogen-bond donors (Lipinski definition) is 4. The van der Waals surface area contributed by atoms with Crippen molar-refractivity contribution < 1.29 is 37.8 Å². The van der Waals surface area contributed by atoms with Crippen LogP contribution in [0.2, 0.25) is 5.02 Å². The van der Waals surface area contributed by atoms with Crippen LogP contribution in [-0.2, 0) is 20.4 Å². The number of aromatic nitrogens is 2. The summed E-state index contributed by atoms with van der Waals surface area (Å²) in [6.07, 6.45) is 1.21. The van der Waals surface area contributed by atoms with Crippen molar-refractivity contribution in [1.82, 2.24) is 9.55 Å². The smallest absolute Gasteiger partial charge is 0.368 e. The number of H-pyrrole nitrogens is 1. The molecule has 3 atom stereocenters. The van der Waals surface area contributed by atoms with Crippen molar-refractivity contribution in [1.29, 1.82) is 0 Å². The lowest BCUT2D eigenvalue weighted by Crippen LogP contribution is -2.27. The van der Waals surface area contributed by atoms with Crippen LogP contribution in [0.25, 0.3) is 0 Å². The Kier molecular flexibility index (Phi) is 7.56. The van der Waals surface area contributed by atoms with Crippen molar-refractivity contribution in [2.24, 2.45) is 0 Å². The van der Waals surface area contributed by atoms with Crippen molar-refractivity contribution >= 4 is 32.0 Å². The number of nitrogens with one attached hydrogen (secondary N) is 1. The Morgan fingerprint density at radius 1 is 1.43 bits per heavy atom. The Hall–Kier alpha value is -1.47. The Bertz CT molecular complexity index is 1020. The van der Waals surface area contributed by atoms with Crippen molar-refractivity contribution in [2.45, 2.75) is 32.0 Å². The summed E-state index contributed by atoms with van der Waals surface area (Å²) in [5, 5.41) is 18.0. The number of halogens is 2. The van der Waals surface area contributed by atoms with Crippen LogP contribution in [0.1, 0.15) is 24.6 Å². The Balaban J connectivity index is 0.000000171. The van der Waals surface area contributed by atoms with Gasteiger partial charge in [-0.2, -0.15) is 4.89 Å². The van der Waals surface area contributed by atoms with Crippen LogP contribution in [0.4, 0.5) is 4.39 Å². The molecule has 0 saturated carbocycles. The van der Waals surface area contributed by atoms with Gasteiger partial charge in [0.05, 0.1) is 5.02 Å². The molecule has 3 heterocycles. The number of ether oxygens (including phenoxy) is 1. The van der Waals surface area contributed by atoms with Gasteiger partial charge < -0.3 is 14.9 Å². The topological polar surface area (TPSA) is 135 Å². The maximum absolute atomic E-state index is 12.8. The van der Waals surface area contributed by atoms with Gasteiger partial charge in [-0.15, -0.1) is 9.05 Å². The number of hydrogen-bond acceptors (Lipinski definition) is 9. The first-order valence-corrected chi connectivity index (χ1v) is 10.8. The van der Waals surface area contributed by atoms with Gasteiger partial charge in [0, 0.05) is 18.2 Å². The van der Waals surface area contributed by atoms with E-state index in [0.717, 1.165) is 0 Å². The zero-order valence-electron chi connectivity index (χ0n) is 15.2. The number of fused-ring (bicyclic) bond motifs is 1. The lowest BCUT2D eigenvalue weighted by atomic mass is 10.2. The van der Waals surface area contributed by atoms with Crippen molar-refractivity contribution in [2.75, 3.05) is 6.79 Å². The van der Waals surface area contributed by atoms with E-state index in [-0.39, 0.29) is 22.0 Å². The zero-order valence-corrected chi connectivity index (χ0v) is 17.7. The van der Waals surface area contributed by atoms with E-state index in [1.807, 2.05) is 0 Å². The fourth-order valence-corrected chi connectivity index (χ4v) is 4.02. The second kappa shape index (κ2) is 9.77. The molecular weight excluding hydrogens is 466 g/mol. The van der Waals surface area contributed by atoms with Gasteiger partial charge >= 0.3 is 13.9 Å².